The molecule has 2 aromatic rings. The maximum Gasteiger partial charge on any atom is 0.330 e. The Morgan fingerprint density at radius 1 is 1.30 bits per heavy atom. The number of rotatable bonds is 2. The SMILES string of the molecule is [C-]#[N+]C1CN(CC(C)(C)C)C(=O)N1c1cncc2ccccc12. The molecule has 0 aliphatic carbocycles. The molecule has 1 aliphatic rings. The normalized spacial score (nSPS) is 18.5. The van der Waals surface area contributed by atoms with Gasteiger partial charge < -0.3 is 4.90 Å². The van der Waals surface area contributed by atoms with Gasteiger partial charge in [0.1, 0.15) is 6.54 Å². The Morgan fingerprint density at radius 3 is 2.74 bits per heavy atom. The van der Waals surface area contributed by atoms with Gasteiger partial charge in [-0.3, -0.25) is 9.83 Å². The number of fused-ring (bicyclic) bond motifs is 1. The van der Waals surface area contributed by atoms with E-state index in [-0.39, 0.29) is 11.4 Å². The zero-order chi connectivity index (χ0) is 16.6. The summed E-state index contributed by atoms with van der Waals surface area (Å²) in [6.45, 7) is 14.8. The minimum Gasteiger partial charge on any atom is -0.314 e. The summed E-state index contributed by atoms with van der Waals surface area (Å²) < 4.78 is 0. The number of benzene rings is 1. The van der Waals surface area contributed by atoms with E-state index in [4.69, 9.17) is 6.57 Å². The van der Waals surface area contributed by atoms with Crippen LogP contribution in [0.2, 0.25) is 0 Å². The highest BCUT2D eigenvalue weighted by Crippen LogP contribution is 2.32. The number of carbonyl (C=O) groups excluding carboxylic acids is 1. The van der Waals surface area contributed by atoms with Crippen molar-refractivity contribution in [3.05, 3.63) is 48.1 Å². The van der Waals surface area contributed by atoms with Crippen LogP contribution in [-0.4, -0.2) is 35.2 Å². The van der Waals surface area contributed by atoms with E-state index in [2.05, 4.69) is 30.6 Å². The molecular weight excluding hydrogens is 288 g/mol. The van der Waals surface area contributed by atoms with E-state index in [0.717, 1.165) is 10.8 Å². The Labute approximate surface area is 136 Å². The fraction of sp³-hybridized carbons (Fsp3) is 0.389. The van der Waals surface area contributed by atoms with Gasteiger partial charge in [-0.1, -0.05) is 45.0 Å². The fourth-order valence-corrected chi connectivity index (χ4v) is 3.00. The van der Waals surface area contributed by atoms with Crippen LogP contribution in [0.1, 0.15) is 20.8 Å². The summed E-state index contributed by atoms with van der Waals surface area (Å²) in [6.07, 6.45) is 2.95. The molecule has 1 fully saturated rings. The maximum atomic E-state index is 12.9. The number of hydrogen-bond donors (Lipinski definition) is 0. The van der Waals surface area contributed by atoms with E-state index in [1.165, 1.54) is 0 Å². The number of urea groups is 1. The molecule has 0 saturated carbocycles. The van der Waals surface area contributed by atoms with E-state index in [1.54, 1.807) is 22.2 Å². The zero-order valence-corrected chi connectivity index (χ0v) is 13.7. The van der Waals surface area contributed by atoms with Crippen LogP contribution in [0.4, 0.5) is 10.5 Å². The van der Waals surface area contributed by atoms with Gasteiger partial charge in [-0.05, 0) is 5.41 Å². The summed E-state index contributed by atoms with van der Waals surface area (Å²) in [5, 5.41) is 1.91. The number of hydrogen-bond acceptors (Lipinski definition) is 2. The largest absolute Gasteiger partial charge is 0.330 e. The molecular formula is C18H20N4O. The molecule has 0 N–H and O–H groups in total. The van der Waals surface area contributed by atoms with Crippen LogP contribution in [0, 0.1) is 12.0 Å². The molecule has 1 aromatic carbocycles. The first-order valence-electron chi connectivity index (χ1n) is 7.68. The lowest BCUT2D eigenvalue weighted by atomic mass is 9.96. The molecule has 5 heteroatoms. The number of nitrogens with zero attached hydrogens (tertiary/aromatic N) is 4. The number of carbonyl (C=O) groups is 1. The lowest BCUT2D eigenvalue weighted by molar-refractivity contribution is 0.197. The first-order chi connectivity index (χ1) is 10.9. The van der Waals surface area contributed by atoms with Crippen molar-refractivity contribution < 1.29 is 4.79 Å². The van der Waals surface area contributed by atoms with Crippen LogP contribution in [0.25, 0.3) is 15.6 Å². The summed E-state index contributed by atoms with van der Waals surface area (Å²) in [7, 11) is 0. The Bertz CT molecular complexity index is 782. The summed E-state index contributed by atoms with van der Waals surface area (Å²) in [5.41, 5.74) is 0.709. The van der Waals surface area contributed by atoms with Crippen LogP contribution in [0.15, 0.2) is 36.7 Å². The number of amides is 2. The van der Waals surface area contributed by atoms with Crippen LogP contribution in [-0.2, 0) is 0 Å². The standard InChI is InChI=1S/C18H20N4O/c1-18(2,3)12-21-11-16(19-4)22(17(21)23)15-10-20-9-13-7-5-6-8-14(13)15/h5-10,16H,11-12H2,1-3H3. The first-order valence-corrected chi connectivity index (χ1v) is 7.68. The topological polar surface area (TPSA) is 40.8 Å². The molecule has 0 radical (unpaired) electrons. The zero-order valence-electron chi connectivity index (χ0n) is 13.7. The quantitative estimate of drug-likeness (QED) is 0.792. The lowest BCUT2D eigenvalue weighted by Gasteiger charge is -2.25. The van der Waals surface area contributed by atoms with E-state index in [1.807, 2.05) is 24.3 Å². The first kappa shape index (κ1) is 15.3. The predicted octanol–water partition coefficient (Wildman–Crippen LogP) is 3.77. The molecule has 1 saturated heterocycles. The monoisotopic (exact) mass is 308 g/mol. The highest BCUT2D eigenvalue weighted by molar-refractivity contribution is 6.04. The van der Waals surface area contributed by atoms with Crippen molar-refractivity contribution >= 4 is 22.5 Å². The third-order valence-electron chi connectivity index (χ3n) is 3.88. The minimum atomic E-state index is -0.502. The third-order valence-corrected chi connectivity index (χ3v) is 3.88. The number of anilines is 1. The van der Waals surface area contributed by atoms with E-state index in [0.29, 0.717) is 18.8 Å². The molecule has 1 unspecified atom stereocenters. The molecule has 23 heavy (non-hydrogen) atoms. The molecule has 1 atom stereocenters. The van der Waals surface area contributed by atoms with Gasteiger partial charge in [0.05, 0.1) is 11.9 Å². The third kappa shape index (κ3) is 2.85. The van der Waals surface area contributed by atoms with Crippen molar-refractivity contribution in [2.75, 3.05) is 18.0 Å². The maximum absolute atomic E-state index is 12.9. The molecule has 3 rings (SSSR count). The smallest absolute Gasteiger partial charge is 0.314 e. The van der Waals surface area contributed by atoms with Gasteiger partial charge in [-0.25, -0.2) is 16.3 Å². The van der Waals surface area contributed by atoms with Crippen molar-refractivity contribution in [1.82, 2.24) is 9.88 Å². The molecule has 1 aromatic heterocycles. The van der Waals surface area contributed by atoms with Crippen molar-refractivity contribution in [3.63, 3.8) is 0 Å². The Morgan fingerprint density at radius 2 is 2.04 bits per heavy atom. The van der Waals surface area contributed by atoms with E-state index in [9.17, 15) is 4.79 Å². The second-order valence-electron chi connectivity index (χ2n) is 7.08. The molecule has 5 nitrogen and oxygen atoms in total. The predicted molar refractivity (Wildman–Crippen MR) is 91.0 cm³/mol. The summed E-state index contributed by atoms with van der Waals surface area (Å²) >= 11 is 0. The Balaban J connectivity index is 2.03. The molecule has 1 aliphatic heterocycles. The van der Waals surface area contributed by atoms with E-state index < -0.39 is 6.17 Å². The molecule has 2 heterocycles. The molecule has 2 amide bonds. The van der Waals surface area contributed by atoms with Gasteiger partial charge in [0.15, 0.2) is 0 Å². The highest BCUT2D eigenvalue weighted by atomic mass is 16.2. The molecule has 0 spiro atoms. The van der Waals surface area contributed by atoms with Crippen molar-refractivity contribution in [3.8, 4) is 0 Å². The second-order valence-corrected chi connectivity index (χ2v) is 7.08. The average molecular weight is 308 g/mol. The second kappa shape index (κ2) is 5.54. The van der Waals surface area contributed by atoms with Crippen molar-refractivity contribution in [2.45, 2.75) is 26.9 Å². The number of pyridine rings is 1. The van der Waals surface area contributed by atoms with Crippen LogP contribution in [0.3, 0.4) is 0 Å². The van der Waals surface area contributed by atoms with E-state index >= 15 is 0 Å². The number of aromatic nitrogens is 1. The minimum absolute atomic E-state index is 0.00471. The molecule has 0 bridgehead atoms. The van der Waals surface area contributed by atoms with Crippen molar-refractivity contribution in [2.24, 2.45) is 5.41 Å². The van der Waals surface area contributed by atoms with Gasteiger partial charge in [0.2, 0.25) is 0 Å². The van der Waals surface area contributed by atoms with Gasteiger partial charge in [-0.15, -0.1) is 0 Å². The Hall–Kier alpha value is -2.61. The highest BCUT2D eigenvalue weighted by Gasteiger charge is 2.44. The summed E-state index contributed by atoms with van der Waals surface area (Å²) in [6, 6.07) is 7.70. The fourth-order valence-electron chi connectivity index (χ4n) is 3.00. The molecule has 118 valence electrons. The van der Waals surface area contributed by atoms with Gasteiger partial charge in [0.25, 0.3) is 0 Å². The van der Waals surface area contributed by atoms with Gasteiger partial charge >= 0.3 is 12.2 Å². The van der Waals surface area contributed by atoms with Crippen LogP contribution >= 0.6 is 0 Å². The summed E-state index contributed by atoms with van der Waals surface area (Å²) in [4.78, 5) is 24.2. The summed E-state index contributed by atoms with van der Waals surface area (Å²) in [5.74, 6) is 0. The average Bonchev–Trinajstić information content (AvgIpc) is 2.81. The Kier molecular flexibility index (Phi) is 3.69. The lowest BCUT2D eigenvalue weighted by Crippen LogP contribution is -2.37. The van der Waals surface area contributed by atoms with Gasteiger partial charge in [-0.2, -0.15) is 0 Å². The van der Waals surface area contributed by atoms with Crippen molar-refractivity contribution in [1.29, 1.82) is 0 Å². The van der Waals surface area contributed by atoms with Crippen LogP contribution < -0.4 is 4.90 Å². The van der Waals surface area contributed by atoms with Gasteiger partial charge in [0, 0.05) is 23.5 Å². The van der Waals surface area contributed by atoms with Crippen LogP contribution in [0.5, 0.6) is 0 Å².